The summed E-state index contributed by atoms with van der Waals surface area (Å²) in [4.78, 5) is 26.7. The smallest absolute Gasteiger partial charge is 0.252 e. The van der Waals surface area contributed by atoms with Crippen LogP contribution in [0.2, 0.25) is 0 Å². The SMILES string of the molecule is NC1CCCN(C(=O)C2(NC(=O)c3ccccc3)CC2)C1. The number of carbonyl (C=O) groups is 2. The van der Waals surface area contributed by atoms with Crippen LogP contribution in [0.5, 0.6) is 0 Å². The number of nitrogens with zero attached hydrogens (tertiary/aromatic N) is 1. The average Bonchev–Trinajstić information content (AvgIpc) is 3.28. The van der Waals surface area contributed by atoms with Gasteiger partial charge in [0.1, 0.15) is 5.54 Å². The first-order valence-corrected chi connectivity index (χ1v) is 7.53. The monoisotopic (exact) mass is 287 g/mol. The normalized spacial score (nSPS) is 23.5. The largest absolute Gasteiger partial charge is 0.339 e. The maximum Gasteiger partial charge on any atom is 0.252 e. The summed E-state index contributed by atoms with van der Waals surface area (Å²) in [5.41, 5.74) is 5.84. The highest BCUT2D eigenvalue weighted by molar-refractivity contribution is 6.00. The van der Waals surface area contributed by atoms with Crippen molar-refractivity contribution in [3.63, 3.8) is 0 Å². The van der Waals surface area contributed by atoms with Crippen LogP contribution in [-0.2, 0) is 4.79 Å². The topological polar surface area (TPSA) is 75.4 Å². The summed E-state index contributed by atoms with van der Waals surface area (Å²) in [6, 6.07) is 9.08. The maximum absolute atomic E-state index is 12.7. The molecule has 2 fully saturated rings. The van der Waals surface area contributed by atoms with Crippen LogP contribution in [0.3, 0.4) is 0 Å². The van der Waals surface area contributed by atoms with Gasteiger partial charge in [-0.2, -0.15) is 0 Å². The Kier molecular flexibility index (Phi) is 3.68. The van der Waals surface area contributed by atoms with Crippen LogP contribution in [0.15, 0.2) is 30.3 Å². The van der Waals surface area contributed by atoms with E-state index in [1.807, 2.05) is 23.1 Å². The lowest BCUT2D eigenvalue weighted by atomic mass is 10.0. The second-order valence-corrected chi connectivity index (χ2v) is 6.06. The summed E-state index contributed by atoms with van der Waals surface area (Å²) in [5.74, 6) is -0.148. The molecule has 1 unspecified atom stereocenters. The van der Waals surface area contributed by atoms with Crippen molar-refractivity contribution in [2.45, 2.75) is 37.3 Å². The number of benzene rings is 1. The van der Waals surface area contributed by atoms with E-state index in [2.05, 4.69) is 5.32 Å². The Labute approximate surface area is 124 Å². The van der Waals surface area contributed by atoms with E-state index in [0.717, 1.165) is 32.2 Å². The Morgan fingerprint density at radius 1 is 1.24 bits per heavy atom. The first-order valence-electron chi connectivity index (χ1n) is 7.53. The number of hydrogen-bond donors (Lipinski definition) is 2. The van der Waals surface area contributed by atoms with Gasteiger partial charge in [0, 0.05) is 24.7 Å². The average molecular weight is 287 g/mol. The van der Waals surface area contributed by atoms with Crippen LogP contribution in [-0.4, -0.2) is 41.4 Å². The molecular formula is C16H21N3O2. The van der Waals surface area contributed by atoms with Crippen molar-refractivity contribution in [2.75, 3.05) is 13.1 Å². The highest BCUT2D eigenvalue weighted by atomic mass is 16.2. The Morgan fingerprint density at radius 3 is 2.57 bits per heavy atom. The minimum absolute atomic E-state index is 0.0296. The highest BCUT2D eigenvalue weighted by Gasteiger charge is 2.53. The molecular weight excluding hydrogens is 266 g/mol. The van der Waals surface area contributed by atoms with Crippen molar-refractivity contribution >= 4 is 11.8 Å². The van der Waals surface area contributed by atoms with Gasteiger partial charge >= 0.3 is 0 Å². The van der Waals surface area contributed by atoms with Crippen LogP contribution < -0.4 is 11.1 Å². The summed E-state index contributed by atoms with van der Waals surface area (Å²) in [5, 5.41) is 2.92. The van der Waals surface area contributed by atoms with E-state index in [1.165, 1.54) is 0 Å². The molecule has 2 aliphatic rings. The molecule has 0 spiro atoms. The Morgan fingerprint density at radius 2 is 1.95 bits per heavy atom. The molecule has 0 aromatic heterocycles. The number of hydrogen-bond acceptors (Lipinski definition) is 3. The molecule has 5 heteroatoms. The third-order valence-electron chi connectivity index (χ3n) is 4.29. The van der Waals surface area contributed by atoms with Gasteiger partial charge < -0.3 is 16.0 Å². The molecule has 1 saturated carbocycles. The molecule has 1 atom stereocenters. The number of amides is 2. The van der Waals surface area contributed by atoms with Gasteiger partial charge in [-0.15, -0.1) is 0 Å². The molecule has 112 valence electrons. The van der Waals surface area contributed by atoms with Crippen molar-refractivity contribution in [1.29, 1.82) is 0 Å². The van der Waals surface area contributed by atoms with Crippen molar-refractivity contribution in [2.24, 2.45) is 5.73 Å². The molecule has 1 aliphatic heterocycles. The summed E-state index contributed by atoms with van der Waals surface area (Å²) >= 11 is 0. The van der Waals surface area contributed by atoms with E-state index in [4.69, 9.17) is 5.73 Å². The van der Waals surface area contributed by atoms with Crippen LogP contribution in [0.1, 0.15) is 36.0 Å². The number of piperidine rings is 1. The number of carbonyl (C=O) groups excluding carboxylic acids is 2. The minimum atomic E-state index is -0.690. The van der Waals surface area contributed by atoms with E-state index in [1.54, 1.807) is 12.1 Å². The van der Waals surface area contributed by atoms with E-state index >= 15 is 0 Å². The fraction of sp³-hybridized carbons (Fsp3) is 0.500. The second-order valence-electron chi connectivity index (χ2n) is 6.06. The zero-order chi connectivity index (χ0) is 14.9. The first-order chi connectivity index (χ1) is 10.1. The molecule has 5 nitrogen and oxygen atoms in total. The van der Waals surface area contributed by atoms with Crippen LogP contribution in [0.25, 0.3) is 0 Å². The fourth-order valence-corrected chi connectivity index (χ4v) is 2.89. The van der Waals surface area contributed by atoms with E-state index < -0.39 is 5.54 Å². The van der Waals surface area contributed by atoms with Crippen molar-refractivity contribution in [3.8, 4) is 0 Å². The molecule has 0 bridgehead atoms. The minimum Gasteiger partial charge on any atom is -0.339 e. The van der Waals surface area contributed by atoms with Gasteiger partial charge in [-0.3, -0.25) is 9.59 Å². The van der Waals surface area contributed by atoms with Crippen LogP contribution in [0, 0.1) is 0 Å². The molecule has 1 aliphatic carbocycles. The lowest BCUT2D eigenvalue weighted by molar-refractivity contribution is -0.135. The van der Waals surface area contributed by atoms with Crippen molar-refractivity contribution in [3.05, 3.63) is 35.9 Å². The number of likely N-dealkylation sites (tertiary alicyclic amines) is 1. The molecule has 0 radical (unpaired) electrons. The summed E-state index contributed by atoms with van der Waals surface area (Å²) in [6.07, 6.45) is 3.34. The zero-order valence-electron chi connectivity index (χ0n) is 12.0. The lowest BCUT2D eigenvalue weighted by Gasteiger charge is -2.33. The summed E-state index contributed by atoms with van der Waals surface area (Å²) < 4.78 is 0. The molecule has 2 amide bonds. The highest BCUT2D eigenvalue weighted by Crippen LogP contribution is 2.38. The van der Waals surface area contributed by atoms with Gasteiger partial charge in [0.15, 0.2) is 0 Å². The van der Waals surface area contributed by atoms with Gasteiger partial charge in [0.2, 0.25) is 5.91 Å². The molecule has 1 saturated heterocycles. The third kappa shape index (κ3) is 2.93. The standard InChI is InChI=1S/C16H21N3O2/c17-13-7-4-10-19(11-13)15(21)16(8-9-16)18-14(20)12-5-2-1-3-6-12/h1-3,5-6,13H,4,7-11,17H2,(H,18,20). The fourth-order valence-electron chi connectivity index (χ4n) is 2.89. The molecule has 21 heavy (non-hydrogen) atoms. The van der Waals surface area contributed by atoms with Gasteiger partial charge in [-0.25, -0.2) is 0 Å². The van der Waals surface area contributed by atoms with Gasteiger partial charge in [-0.1, -0.05) is 18.2 Å². The third-order valence-corrected chi connectivity index (χ3v) is 4.29. The molecule has 3 rings (SSSR count). The van der Waals surface area contributed by atoms with E-state index in [9.17, 15) is 9.59 Å². The quantitative estimate of drug-likeness (QED) is 0.867. The van der Waals surface area contributed by atoms with Crippen LogP contribution >= 0.6 is 0 Å². The lowest BCUT2D eigenvalue weighted by Crippen LogP contribution is -2.55. The number of rotatable bonds is 3. The van der Waals surface area contributed by atoms with Crippen molar-refractivity contribution < 1.29 is 9.59 Å². The molecule has 1 aromatic rings. The number of nitrogens with two attached hydrogens (primary N) is 1. The Balaban J connectivity index is 1.67. The first kappa shape index (κ1) is 14.1. The zero-order valence-corrected chi connectivity index (χ0v) is 12.0. The maximum atomic E-state index is 12.7. The molecule has 1 aromatic carbocycles. The number of nitrogens with one attached hydrogen (secondary N) is 1. The summed E-state index contributed by atoms with van der Waals surface area (Å²) in [6.45, 7) is 1.34. The van der Waals surface area contributed by atoms with E-state index in [-0.39, 0.29) is 17.9 Å². The molecule has 1 heterocycles. The predicted molar refractivity (Wildman–Crippen MR) is 79.7 cm³/mol. The van der Waals surface area contributed by atoms with Crippen LogP contribution in [0.4, 0.5) is 0 Å². The predicted octanol–water partition coefficient (Wildman–Crippen LogP) is 0.899. The van der Waals surface area contributed by atoms with Gasteiger partial charge in [-0.05, 0) is 37.8 Å². The Bertz CT molecular complexity index is 540. The van der Waals surface area contributed by atoms with Gasteiger partial charge in [0.25, 0.3) is 5.91 Å². The van der Waals surface area contributed by atoms with E-state index in [0.29, 0.717) is 12.1 Å². The second kappa shape index (κ2) is 5.48. The Hall–Kier alpha value is -1.88. The summed E-state index contributed by atoms with van der Waals surface area (Å²) in [7, 11) is 0. The molecule has 3 N–H and O–H groups in total. The van der Waals surface area contributed by atoms with Gasteiger partial charge in [0.05, 0.1) is 0 Å². The van der Waals surface area contributed by atoms with Crippen molar-refractivity contribution in [1.82, 2.24) is 10.2 Å².